The second kappa shape index (κ2) is 6.33. The maximum atomic E-state index is 11.8. The minimum Gasteiger partial charge on any atom is -0.478 e. The zero-order chi connectivity index (χ0) is 14.6. The molecule has 104 valence electrons. The smallest absolute Gasteiger partial charge is 0.336 e. The lowest BCUT2D eigenvalue weighted by Crippen LogP contribution is -2.35. The molecule has 0 aliphatic heterocycles. The number of rotatable bonds is 5. The number of anilines is 1. The van der Waals surface area contributed by atoms with E-state index in [9.17, 15) is 9.59 Å². The molecule has 1 unspecified atom stereocenters. The van der Waals surface area contributed by atoms with Crippen molar-refractivity contribution in [2.75, 3.05) is 5.32 Å². The zero-order valence-electron chi connectivity index (χ0n) is 11.5. The Bertz CT molecular complexity index is 498. The van der Waals surface area contributed by atoms with E-state index in [2.05, 4.69) is 5.32 Å². The largest absolute Gasteiger partial charge is 0.478 e. The van der Waals surface area contributed by atoms with Gasteiger partial charge in [-0.3, -0.25) is 4.79 Å². The molecule has 0 aliphatic rings. The van der Waals surface area contributed by atoms with Gasteiger partial charge in [0.25, 0.3) is 0 Å². The number of hydrogen-bond donors (Lipinski definition) is 3. The molecule has 19 heavy (non-hydrogen) atoms. The fourth-order valence-corrected chi connectivity index (χ4v) is 1.83. The van der Waals surface area contributed by atoms with Crippen molar-refractivity contribution >= 4 is 17.6 Å². The molecule has 0 heterocycles. The van der Waals surface area contributed by atoms with Gasteiger partial charge in [0.15, 0.2) is 0 Å². The topological polar surface area (TPSA) is 92.4 Å². The summed E-state index contributed by atoms with van der Waals surface area (Å²) in [5, 5.41) is 11.8. The van der Waals surface area contributed by atoms with E-state index in [4.69, 9.17) is 10.8 Å². The van der Waals surface area contributed by atoms with Gasteiger partial charge >= 0.3 is 5.97 Å². The minimum absolute atomic E-state index is 0.194. The molecule has 1 atom stereocenters. The Balaban J connectivity index is 2.97. The van der Waals surface area contributed by atoms with Gasteiger partial charge in [0.05, 0.1) is 11.6 Å². The predicted molar refractivity (Wildman–Crippen MR) is 74.4 cm³/mol. The first kappa shape index (κ1) is 15.2. The molecule has 5 nitrogen and oxygen atoms in total. The number of benzene rings is 1. The molecular weight excluding hydrogens is 244 g/mol. The van der Waals surface area contributed by atoms with E-state index in [1.165, 1.54) is 6.07 Å². The van der Waals surface area contributed by atoms with Crippen LogP contribution in [0.2, 0.25) is 0 Å². The van der Waals surface area contributed by atoms with Crippen molar-refractivity contribution in [1.29, 1.82) is 0 Å². The van der Waals surface area contributed by atoms with Crippen LogP contribution < -0.4 is 11.1 Å². The third kappa shape index (κ3) is 3.79. The van der Waals surface area contributed by atoms with Crippen LogP contribution in [0.1, 0.15) is 41.3 Å². The maximum Gasteiger partial charge on any atom is 0.336 e. The van der Waals surface area contributed by atoms with E-state index in [1.807, 2.05) is 13.8 Å². The van der Waals surface area contributed by atoms with Gasteiger partial charge in [0.2, 0.25) is 5.91 Å². The summed E-state index contributed by atoms with van der Waals surface area (Å²) >= 11 is 0. The Hall–Kier alpha value is -1.88. The average Bonchev–Trinajstić information content (AvgIpc) is 2.33. The molecule has 1 amide bonds. The molecular formula is C14H20N2O3. The fraction of sp³-hybridized carbons (Fsp3) is 0.429. The first-order valence-electron chi connectivity index (χ1n) is 6.27. The molecule has 1 aromatic carbocycles. The second-order valence-corrected chi connectivity index (χ2v) is 4.66. The normalized spacial score (nSPS) is 12.0. The number of hydrogen-bond acceptors (Lipinski definition) is 3. The van der Waals surface area contributed by atoms with Crippen LogP contribution in [0.5, 0.6) is 0 Å². The molecule has 0 saturated carbocycles. The van der Waals surface area contributed by atoms with Crippen molar-refractivity contribution in [3.63, 3.8) is 0 Å². The molecule has 1 aromatic rings. The van der Waals surface area contributed by atoms with Crippen molar-refractivity contribution < 1.29 is 14.7 Å². The standard InChI is InChI=1S/C14H20N2O3/c1-4-5-12(15)13(17)16-10-6-8(2)9(3)11(7-10)14(18)19/h6-7,12H,4-5,15H2,1-3H3,(H,16,17)(H,18,19). The van der Waals surface area contributed by atoms with Crippen molar-refractivity contribution in [3.05, 3.63) is 28.8 Å². The van der Waals surface area contributed by atoms with Gasteiger partial charge in [0, 0.05) is 5.69 Å². The van der Waals surface area contributed by atoms with Crippen LogP contribution in [0.25, 0.3) is 0 Å². The van der Waals surface area contributed by atoms with Crippen LogP contribution >= 0.6 is 0 Å². The van der Waals surface area contributed by atoms with Crippen molar-refractivity contribution in [2.45, 2.75) is 39.7 Å². The average molecular weight is 264 g/mol. The van der Waals surface area contributed by atoms with Gasteiger partial charge in [-0.2, -0.15) is 0 Å². The van der Waals surface area contributed by atoms with E-state index < -0.39 is 12.0 Å². The van der Waals surface area contributed by atoms with E-state index in [0.717, 1.165) is 12.0 Å². The van der Waals surface area contributed by atoms with Gasteiger partial charge in [-0.15, -0.1) is 0 Å². The number of carbonyl (C=O) groups excluding carboxylic acids is 1. The number of aryl methyl sites for hydroxylation is 1. The Morgan fingerprint density at radius 3 is 2.53 bits per heavy atom. The van der Waals surface area contributed by atoms with Gasteiger partial charge < -0.3 is 16.2 Å². The maximum absolute atomic E-state index is 11.8. The molecule has 0 bridgehead atoms. The van der Waals surface area contributed by atoms with Crippen LogP contribution in [0, 0.1) is 13.8 Å². The van der Waals surface area contributed by atoms with E-state index in [0.29, 0.717) is 17.7 Å². The summed E-state index contributed by atoms with van der Waals surface area (Å²) < 4.78 is 0. The molecule has 1 rings (SSSR count). The summed E-state index contributed by atoms with van der Waals surface area (Å²) in [4.78, 5) is 22.9. The number of aromatic carboxylic acids is 1. The first-order chi connectivity index (χ1) is 8.86. The van der Waals surface area contributed by atoms with Gasteiger partial charge in [-0.1, -0.05) is 13.3 Å². The van der Waals surface area contributed by atoms with Gasteiger partial charge in [0.1, 0.15) is 0 Å². The first-order valence-corrected chi connectivity index (χ1v) is 6.27. The lowest BCUT2D eigenvalue weighted by Gasteiger charge is -2.13. The highest BCUT2D eigenvalue weighted by Gasteiger charge is 2.15. The lowest BCUT2D eigenvalue weighted by atomic mass is 10.0. The van der Waals surface area contributed by atoms with Crippen LogP contribution in [0.3, 0.4) is 0 Å². The quantitative estimate of drug-likeness (QED) is 0.759. The third-order valence-electron chi connectivity index (χ3n) is 3.10. The number of amides is 1. The van der Waals surface area contributed by atoms with E-state index in [-0.39, 0.29) is 11.5 Å². The highest BCUT2D eigenvalue weighted by molar-refractivity contribution is 5.97. The summed E-state index contributed by atoms with van der Waals surface area (Å²) in [6.45, 7) is 5.50. The van der Waals surface area contributed by atoms with E-state index in [1.54, 1.807) is 13.0 Å². The van der Waals surface area contributed by atoms with Crippen LogP contribution in [-0.2, 0) is 4.79 Å². The summed E-state index contributed by atoms with van der Waals surface area (Å²) in [7, 11) is 0. The second-order valence-electron chi connectivity index (χ2n) is 4.66. The number of carboxylic acid groups (broad SMARTS) is 1. The minimum atomic E-state index is -1.01. The summed E-state index contributed by atoms with van der Waals surface area (Å²) in [5.41, 5.74) is 7.89. The Morgan fingerprint density at radius 1 is 1.37 bits per heavy atom. The third-order valence-corrected chi connectivity index (χ3v) is 3.10. The number of nitrogens with one attached hydrogen (secondary N) is 1. The van der Waals surface area contributed by atoms with Crippen molar-refractivity contribution in [1.82, 2.24) is 0 Å². The molecule has 4 N–H and O–H groups in total. The fourth-order valence-electron chi connectivity index (χ4n) is 1.83. The molecule has 0 spiro atoms. The molecule has 0 aromatic heterocycles. The van der Waals surface area contributed by atoms with Crippen LogP contribution in [-0.4, -0.2) is 23.0 Å². The van der Waals surface area contributed by atoms with Crippen molar-refractivity contribution in [3.8, 4) is 0 Å². The van der Waals surface area contributed by atoms with Crippen LogP contribution in [0.15, 0.2) is 12.1 Å². The number of nitrogens with two attached hydrogens (primary N) is 1. The van der Waals surface area contributed by atoms with E-state index >= 15 is 0 Å². The SMILES string of the molecule is CCCC(N)C(=O)Nc1cc(C)c(C)c(C(=O)O)c1. The number of carboxylic acids is 1. The molecule has 0 aliphatic carbocycles. The monoisotopic (exact) mass is 264 g/mol. The summed E-state index contributed by atoms with van der Waals surface area (Å²) in [6.07, 6.45) is 1.42. The molecule has 5 heteroatoms. The Kier molecular flexibility index (Phi) is 5.06. The Morgan fingerprint density at radius 2 is 2.00 bits per heavy atom. The predicted octanol–water partition coefficient (Wildman–Crippen LogP) is 2.07. The zero-order valence-corrected chi connectivity index (χ0v) is 11.5. The summed E-state index contributed by atoms with van der Waals surface area (Å²) in [6, 6.07) is 2.64. The van der Waals surface area contributed by atoms with Gasteiger partial charge in [-0.25, -0.2) is 4.79 Å². The highest BCUT2D eigenvalue weighted by atomic mass is 16.4. The highest BCUT2D eigenvalue weighted by Crippen LogP contribution is 2.20. The van der Waals surface area contributed by atoms with Crippen molar-refractivity contribution in [2.24, 2.45) is 5.73 Å². The van der Waals surface area contributed by atoms with Gasteiger partial charge in [-0.05, 0) is 43.5 Å². The Labute approximate surface area is 112 Å². The summed E-state index contributed by atoms with van der Waals surface area (Å²) in [5.74, 6) is -1.30. The molecule has 0 radical (unpaired) electrons. The number of carbonyl (C=O) groups is 2. The molecule has 0 fully saturated rings. The molecule has 0 saturated heterocycles. The lowest BCUT2D eigenvalue weighted by molar-refractivity contribution is -0.117. The van der Waals surface area contributed by atoms with Crippen LogP contribution in [0.4, 0.5) is 5.69 Å².